The number of nitrogens with zero attached hydrogens (tertiary/aromatic N) is 4. The molecule has 0 N–H and O–H groups in total. The van der Waals surface area contributed by atoms with Crippen molar-refractivity contribution in [3.05, 3.63) is 82.8 Å². The molecule has 0 saturated carbocycles. The quantitative estimate of drug-likeness (QED) is 0.638. The highest BCUT2D eigenvalue weighted by Gasteiger charge is 2.41. The molecule has 1 amide bonds. The number of rotatable bonds is 5. The first-order valence-corrected chi connectivity index (χ1v) is 10.7. The van der Waals surface area contributed by atoms with E-state index in [0.717, 1.165) is 29.8 Å². The molecule has 0 spiro atoms. The number of carbonyl (C=O) groups excluding carboxylic acids is 1. The lowest BCUT2D eigenvalue weighted by Gasteiger charge is -2.47. The van der Waals surface area contributed by atoms with Crippen LogP contribution in [0.5, 0.6) is 5.75 Å². The SMILES string of the molecule is COc1cccc(C[C@H]2[C@H]3C[C@H](CN(C(=O)Cn4ccnc4)C3)c3cccc(=O)n32)c1. The van der Waals surface area contributed by atoms with Gasteiger partial charge in [-0.3, -0.25) is 9.59 Å². The van der Waals surface area contributed by atoms with Crippen LogP contribution in [-0.4, -0.2) is 45.1 Å². The number of pyridine rings is 1. The zero-order valence-corrected chi connectivity index (χ0v) is 17.6. The summed E-state index contributed by atoms with van der Waals surface area (Å²) in [5, 5.41) is 0. The Kier molecular flexibility index (Phi) is 5.10. The van der Waals surface area contributed by atoms with Gasteiger partial charge < -0.3 is 18.8 Å². The summed E-state index contributed by atoms with van der Waals surface area (Å²) in [4.78, 5) is 31.9. The molecule has 31 heavy (non-hydrogen) atoms. The molecule has 160 valence electrons. The molecule has 7 nitrogen and oxygen atoms in total. The molecule has 0 radical (unpaired) electrons. The number of methoxy groups -OCH3 is 1. The number of piperidine rings is 1. The zero-order chi connectivity index (χ0) is 21.4. The van der Waals surface area contributed by atoms with Gasteiger partial charge in [-0.15, -0.1) is 0 Å². The Bertz CT molecular complexity index is 1140. The lowest BCUT2D eigenvalue weighted by atomic mass is 9.76. The second-order valence-electron chi connectivity index (χ2n) is 8.51. The van der Waals surface area contributed by atoms with Crippen molar-refractivity contribution in [2.45, 2.75) is 31.3 Å². The van der Waals surface area contributed by atoms with E-state index in [0.29, 0.717) is 19.6 Å². The fraction of sp³-hybridized carbons (Fsp3) is 0.375. The maximum atomic E-state index is 13.0. The van der Waals surface area contributed by atoms with Gasteiger partial charge in [-0.05, 0) is 42.5 Å². The summed E-state index contributed by atoms with van der Waals surface area (Å²) < 4.78 is 9.17. The van der Waals surface area contributed by atoms with E-state index in [1.807, 2.05) is 46.0 Å². The third kappa shape index (κ3) is 3.76. The van der Waals surface area contributed by atoms with Crippen LogP contribution in [0.4, 0.5) is 0 Å². The van der Waals surface area contributed by atoms with Gasteiger partial charge in [-0.25, -0.2) is 4.98 Å². The van der Waals surface area contributed by atoms with Crippen molar-refractivity contribution in [2.24, 2.45) is 5.92 Å². The molecular formula is C24H26N4O3. The Hall–Kier alpha value is -3.35. The Labute approximate surface area is 180 Å². The highest BCUT2D eigenvalue weighted by atomic mass is 16.5. The van der Waals surface area contributed by atoms with Crippen molar-refractivity contribution < 1.29 is 9.53 Å². The van der Waals surface area contributed by atoms with Gasteiger partial charge >= 0.3 is 0 Å². The molecule has 1 saturated heterocycles. The van der Waals surface area contributed by atoms with Crippen LogP contribution in [0.25, 0.3) is 0 Å². The Morgan fingerprint density at radius 2 is 2.06 bits per heavy atom. The Balaban J connectivity index is 1.47. The predicted octanol–water partition coefficient (Wildman–Crippen LogP) is 2.48. The Morgan fingerprint density at radius 3 is 2.87 bits per heavy atom. The molecule has 2 aliphatic heterocycles. The molecule has 3 aromatic rings. The first-order valence-electron chi connectivity index (χ1n) is 10.7. The van der Waals surface area contributed by atoms with Gasteiger partial charge in [0.15, 0.2) is 0 Å². The van der Waals surface area contributed by atoms with E-state index in [1.165, 1.54) is 0 Å². The average molecular weight is 418 g/mol. The van der Waals surface area contributed by atoms with E-state index in [1.54, 1.807) is 30.3 Å². The summed E-state index contributed by atoms with van der Waals surface area (Å²) in [5.74, 6) is 1.32. The number of hydrogen-bond acceptors (Lipinski definition) is 4. The normalized spacial score (nSPS) is 22.1. The van der Waals surface area contributed by atoms with Crippen LogP contribution >= 0.6 is 0 Å². The second kappa shape index (κ2) is 8.06. The summed E-state index contributed by atoms with van der Waals surface area (Å²) in [5.41, 5.74) is 2.21. The monoisotopic (exact) mass is 418 g/mol. The van der Waals surface area contributed by atoms with Gasteiger partial charge in [-0.1, -0.05) is 18.2 Å². The lowest BCUT2D eigenvalue weighted by molar-refractivity contribution is -0.135. The zero-order valence-electron chi connectivity index (χ0n) is 17.6. The van der Waals surface area contributed by atoms with E-state index >= 15 is 0 Å². The fourth-order valence-electron chi connectivity index (χ4n) is 5.19. The van der Waals surface area contributed by atoms with Crippen molar-refractivity contribution in [3.63, 3.8) is 0 Å². The summed E-state index contributed by atoms with van der Waals surface area (Å²) in [7, 11) is 1.66. The average Bonchev–Trinajstić information content (AvgIpc) is 3.30. The van der Waals surface area contributed by atoms with Crippen molar-refractivity contribution in [1.82, 2.24) is 19.0 Å². The molecule has 2 bridgehead atoms. The fourth-order valence-corrected chi connectivity index (χ4v) is 5.19. The van der Waals surface area contributed by atoms with Gasteiger partial charge in [0.1, 0.15) is 12.3 Å². The number of aromatic nitrogens is 3. The van der Waals surface area contributed by atoms with E-state index < -0.39 is 0 Å². The second-order valence-corrected chi connectivity index (χ2v) is 8.51. The number of benzene rings is 1. The van der Waals surface area contributed by atoms with E-state index in [4.69, 9.17) is 4.74 Å². The van der Waals surface area contributed by atoms with Crippen LogP contribution in [-0.2, 0) is 17.8 Å². The molecule has 3 atom stereocenters. The molecule has 4 heterocycles. The van der Waals surface area contributed by atoms with Gasteiger partial charge in [-0.2, -0.15) is 0 Å². The van der Waals surface area contributed by atoms with E-state index in [2.05, 4.69) is 11.1 Å². The standard InChI is InChI=1S/C24H26N4O3/c1-31-20-5-2-4-17(10-20)11-22-19-12-18(21-6-3-7-23(29)28(21)22)13-27(14-19)24(30)15-26-9-8-25-16-26/h2-10,16,18-19,22H,11-15H2,1H3/t18-,19+,22+/m1/s1. The van der Waals surface area contributed by atoms with Crippen molar-refractivity contribution >= 4 is 5.91 Å². The molecular weight excluding hydrogens is 392 g/mol. The minimum atomic E-state index is 0.0101. The van der Waals surface area contributed by atoms with Gasteiger partial charge in [0.2, 0.25) is 5.91 Å². The van der Waals surface area contributed by atoms with E-state index in [9.17, 15) is 9.59 Å². The predicted molar refractivity (Wildman–Crippen MR) is 116 cm³/mol. The number of amides is 1. The van der Waals surface area contributed by atoms with Gasteiger partial charge in [0.05, 0.1) is 13.4 Å². The maximum absolute atomic E-state index is 13.0. The lowest BCUT2D eigenvalue weighted by Crippen LogP contribution is -2.52. The molecule has 5 rings (SSSR count). The van der Waals surface area contributed by atoms with Crippen LogP contribution < -0.4 is 10.3 Å². The first kappa shape index (κ1) is 19.6. The topological polar surface area (TPSA) is 69.4 Å². The minimum Gasteiger partial charge on any atom is -0.497 e. The smallest absolute Gasteiger partial charge is 0.251 e. The number of ether oxygens (including phenoxy) is 1. The third-order valence-corrected chi connectivity index (χ3v) is 6.61. The molecule has 1 aromatic carbocycles. The first-order chi connectivity index (χ1) is 15.1. The number of likely N-dealkylation sites (tertiary alicyclic amines) is 1. The van der Waals surface area contributed by atoms with E-state index in [-0.39, 0.29) is 29.3 Å². The number of hydrogen-bond donors (Lipinski definition) is 0. The maximum Gasteiger partial charge on any atom is 0.251 e. The summed E-state index contributed by atoms with van der Waals surface area (Å²) in [6, 6.07) is 13.6. The summed E-state index contributed by atoms with van der Waals surface area (Å²) in [6.45, 7) is 1.61. The number of fused-ring (bicyclic) bond motifs is 4. The van der Waals surface area contributed by atoms with Crippen LogP contribution in [0.3, 0.4) is 0 Å². The molecule has 2 aliphatic rings. The van der Waals surface area contributed by atoms with Crippen LogP contribution in [0.2, 0.25) is 0 Å². The minimum absolute atomic E-state index is 0.0101. The number of carbonyl (C=O) groups is 1. The van der Waals surface area contributed by atoms with Crippen LogP contribution in [0.15, 0.2) is 66.0 Å². The molecule has 0 aliphatic carbocycles. The third-order valence-electron chi connectivity index (χ3n) is 6.61. The van der Waals surface area contributed by atoms with Gasteiger partial charge in [0, 0.05) is 49.2 Å². The number of imidazole rings is 1. The summed E-state index contributed by atoms with van der Waals surface area (Å²) >= 11 is 0. The van der Waals surface area contributed by atoms with Crippen LogP contribution in [0.1, 0.15) is 29.6 Å². The molecule has 1 fully saturated rings. The molecule has 0 unspecified atom stereocenters. The van der Waals surface area contributed by atoms with Crippen molar-refractivity contribution in [2.75, 3.05) is 20.2 Å². The summed E-state index contributed by atoms with van der Waals surface area (Å²) in [6.07, 6.45) is 6.89. The van der Waals surface area contributed by atoms with Crippen molar-refractivity contribution in [1.29, 1.82) is 0 Å². The molecule has 2 aromatic heterocycles. The molecule has 7 heteroatoms. The largest absolute Gasteiger partial charge is 0.497 e. The Morgan fingerprint density at radius 1 is 1.19 bits per heavy atom. The van der Waals surface area contributed by atoms with Gasteiger partial charge in [0.25, 0.3) is 5.56 Å². The highest BCUT2D eigenvalue weighted by Crippen LogP contribution is 2.42. The van der Waals surface area contributed by atoms with Crippen molar-refractivity contribution in [3.8, 4) is 5.75 Å². The van der Waals surface area contributed by atoms with Crippen LogP contribution in [0, 0.1) is 5.92 Å². The highest BCUT2D eigenvalue weighted by molar-refractivity contribution is 5.76.